The van der Waals surface area contributed by atoms with Crippen LogP contribution in [0.15, 0.2) is 24.3 Å². The van der Waals surface area contributed by atoms with E-state index in [0.717, 1.165) is 18.4 Å². The molecule has 0 aliphatic carbocycles. The molecule has 16 heavy (non-hydrogen) atoms. The van der Waals surface area contributed by atoms with Crippen LogP contribution in [0.25, 0.3) is 0 Å². The Morgan fingerprint density at radius 2 is 1.62 bits per heavy atom. The van der Waals surface area contributed by atoms with Crippen LogP contribution in [0, 0.1) is 0 Å². The summed E-state index contributed by atoms with van der Waals surface area (Å²) in [5.41, 5.74) is 2.33. The lowest BCUT2D eigenvalue weighted by Crippen LogP contribution is -2.21. The molecule has 0 fully saturated rings. The molecule has 0 aliphatic heterocycles. The Hall–Kier alpha value is -0.860. The van der Waals surface area contributed by atoms with E-state index in [9.17, 15) is 5.11 Å². The standard InChI is InChI=1S/C14H23NO/c1-5-13(15(3)4)11-9-7-8-10-12(11)14(16)6-2/h7-10,13-14,16H,5-6H2,1-4H3/t13-,14-/m0/s1. The van der Waals surface area contributed by atoms with Gasteiger partial charge in [0, 0.05) is 6.04 Å². The van der Waals surface area contributed by atoms with Crippen LogP contribution < -0.4 is 0 Å². The van der Waals surface area contributed by atoms with Gasteiger partial charge in [-0.1, -0.05) is 38.1 Å². The zero-order valence-corrected chi connectivity index (χ0v) is 10.8. The van der Waals surface area contributed by atoms with E-state index in [-0.39, 0.29) is 6.10 Å². The van der Waals surface area contributed by atoms with Crippen LogP contribution in [0.3, 0.4) is 0 Å². The van der Waals surface area contributed by atoms with Crippen molar-refractivity contribution in [2.75, 3.05) is 14.1 Å². The third-order valence-electron chi connectivity index (χ3n) is 3.11. The molecule has 2 atom stereocenters. The maximum absolute atomic E-state index is 10.0. The van der Waals surface area contributed by atoms with Crippen molar-refractivity contribution in [1.29, 1.82) is 0 Å². The van der Waals surface area contributed by atoms with Crippen molar-refractivity contribution in [3.05, 3.63) is 35.4 Å². The van der Waals surface area contributed by atoms with E-state index in [4.69, 9.17) is 0 Å². The summed E-state index contributed by atoms with van der Waals surface area (Å²) >= 11 is 0. The molecular formula is C14H23NO. The van der Waals surface area contributed by atoms with Crippen molar-refractivity contribution in [3.8, 4) is 0 Å². The van der Waals surface area contributed by atoms with Crippen molar-refractivity contribution >= 4 is 0 Å². The van der Waals surface area contributed by atoms with Crippen LogP contribution in [-0.2, 0) is 0 Å². The minimum Gasteiger partial charge on any atom is -0.388 e. The van der Waals surface area contributed by atoms with Gasteiger partial charge in [0.1, 0.15) is 0 Å². The summed E-state index contributed by atoms with van der Waals surface area (Å²) in [5, 5.41) is 10.0. The summed E-state index contributed by atoms with van der Waals surface area (Å²) in [6.07, 6.45) is 1.48. The molecular weight excluding hydrogens is 198 g/mol. The lowest BCUT2D eigenvalue weighted by molar-refractivity contribution is 0.169. The maximum atomic E-state index is 10.0. The molecule has 2 nitrogen and oxygen atoms in total. The maximum Gasteiger partial charge on any atom is 0.0790 e. The second kappa shape index (κ2) is 6.02. The molecule has 0 spiro atoms. The smallest absolute Gasteiger partial charge is 0.0790 e. The van der Waals surface area contributed by atoms with Crippen LogP contribution >= 0.6 is 0 Å². The summed E-state index contributed by atoms with van der Waals surface area (Å²) in [4.78, 5) is 2.21. The number of nitrogens with zero attached hydrogens (tertiary/aromatic N) is 1. The highest BCUT2D eigenvalue weighted by Crippen LogP contribution is 2.29. The highest BCUT2D eigenvalue weighted by Gasteiger charge is 2.18. The number of hydrogen-bond donors (Lipinski definition) is 1. The number of aliphatic hydroxyl groups is 1. The fraction of sp³-hybridized carbons (Fsp3) is 0.571. The molecule has 1 aromatic rings. The third-order valence-corrected chi connectivity index (χ3v) is 3.11. The molecule has 0 heterocycles. The molecule has 1 rings (SSSR count). The molecule has 0 amide bonds. The molecule has 0 saturated heterocycles. The first kappa shape index (κ1) is 13.2. The summed E-state index contributed by atoms with van der Waals surface area (Å²) in [5.74, 6) is 0. The van der Waals surface area contributed by atoms with E-state index in [1.165, 1.54) is 5.56 Å². The van der Waals surface area contributed by atoms with E-state index in [1.54, 1.807) is 0 Å². The van der Waals surface area contributed by atoms with Gasteiger partial charge in [0.25, 0.3) is 0 Å². The quantitative estimate of drug-likeness (QED) is 0.825. The molecule has 1 aromatic carbocycles. The van der Waals surface area contributed by atoms with Gasteiger partial charge in [-0.3, -0.25) is 0 Å². The Kier molecular flexibility index (Phi) is 4.97. The van der Waals surface area contributed by atoms with Gasteiger partial charge in [0.15, 0.2) is 0 Å². The van der Waals surface area contributed by atoms with Gasteiger partial charge in [-0.05, 0) is 38.1 Å². The van der Waals surface area contributed by atoms with Crippen LogP contribution in [-0.4, -0.2) is 24.1 Å². The average molecular weight is 221 g/mol. The Bertz CT molecular complexity index is 322. The van der Waals surface area contributed by atoms with Gasteiger partial charge >= 0.3 is 0 Å². The second-order valence-electron chi connectivity index (χ2n) is 4.44. The monoisotopic (exact) mass is 221 g/mol. The molecule has 0 saturated carbocycles. The first-order chi connectivity index (χ1) is 7.61. The summed E-state index contributed by atoms with van der Waals surface area (Å²) in [6.45, 7) is 4.19. The largest absolute Gasteiger partial charge is 0.388 e. The number of aliphatic hydroxyl groups excluding tert-OH is 1. The van der Waals surface area contributed by atoms with Gasteiger partial charge in [0.05, 0.1) is 6.10 Å². The zero-order valence-electron chi connectivity index (χ0n) is 10.8. The van der Waals surface area contributed by atoms with Crippen molar-refractivity contribution in [2.24, 2.45) is 0 Å². The predicted octanol–water partition coefficient (Wildman–Crippen LogP) is 3.14. The van der Waals surface area contributed by atoms with Crippen LogP contribution in [0.5, 0.6) is 0 Å². The van der Waals surface area contributed by atoms with E-state index < -0.39 is 0 Å². The Balaban J connectivity index is 3.11. The van der Waals surface area contributed by atoms with E-state index in [0.29, 0.717) is 6.04 Å². The van der Waals surface area contributed by atoms with Crippen molar-refractivity contribution < 1.29 is 5.11 Å². The van der Waals surface area contributed by atoms with Crippen molar-refractivity contribution in [2.45, 2.75) is 38.8 Å². The second-order valence-corrected chi connectivity index (χ2v) is 4.44. The molecule has 0 aliphatic rings. The number of benzene rings is 1. The van der Waals surface area contributed by atoms with E-state index in [1.807, 2.05) is 25.1 Å². The van der Waals surface area contributed by atoms with Crippen molar-refractivity contribution in [3.63, 3.8) is 0 Å². The Morgan fingerprint density at radius 3 is 2.06 bits per heavy atom. The zero-order chi connectivity index (χ0) is 12.1. The summed E-state index contributed by atoms with van der Waals surface area (Å²) in [7, 11) is 4.17. The number of hydrogen-bond acceptors (Lipinski definition) is 2. The van der Waals surface area contributed by atoms with Gasteiger partial charge < -0.3 is 10.0 Å². The number of rotatable bonds is 5. The van der Waals surface area contributed by atoms with Gasteiger partial charge in [-0.15, -0.1) is 0 Å². The summed E-state index contributed by atoms with van der Waals surface area (Å²) < 4.78 is 0. The van der Waals surface area contributed by atoms with Crippen LogP contribution in [0.1, 0.15) is 50.0 Å². The lowest BCUT2D eigenvalue weighted by atomic mass is 9.93. The molecule has 0 bridgehead atoms. The van der Waals surface area contributed by atoms with E-state index in [2.05, 4.69) is 32.0 Å². The minimum absolute atomic E-state index is 0.342. The van der Waals surface area contributed by atoms with E-state index >= 15 is 0 Å². The van der Waals surface area contributed by atoms with Gasteiger partial charge in [0.2, 0.25) is 0 Å². The van der Waals surface area contributed by atoms with Crippen LogP contribution in [0.4, 0.5) is 0 Å². The molecule has 90 valence electrons. The van der Waals surface area contributed by atoms with Crippen molar-refractivity contribution in [1.82, 2.24) is 4.90 Å². The predicted molar refractivity (Wildman–Crippen MR) is 68.4 cm³/mol. The van der Waals surface area contributed by atoms with Gasteiger partial charge in [-0.2, -0.15) is 0 Å². The minimum atomic E-state index is -0.342. The fourth-order valence-electron chi connectivity index (χ4n) is 2.20. The van der Waals surface area contributed by atoms with Gasteiger partial charge in [-0.25, -0.2) is 0 Å². The van der Waals surface area contributed by atoms with Crippen LogP contribution in [0.2, 0.25) is 0 Å². The molecule has 0 unspecified atom stereocenters. The SMILES string of the molecule is CC[C@H](O)c1ccccc1[C@H](CC)N(C)C. The highest BCUT2D eigenvalue weighted by molar-refractivity contribution is 5.31. The molecule has 1 N–H and O–H groups in total. The Labute approximate surface area is 98.9 Å². The normalized spacial score (nSPS) is 15.1. The fourth-order valence-corrected chi connectivity index (χ4v) is 2.20. The molecule has 0 aromatic heterocycles. The third kappa shape index (κ3) is 2.83. The topological polar surface area (TPSA) is 23.5 Å². The highest BCUT2D eigenvalue weighted by atomic mass is 16.3. The molecule has 2 heteroatoms. The first-order valence-electron chi connectivity index (χ1n) is 6.05. The first-order valence-corrected chi connectivity index (χ1v) is 6.05. The summed E-state index contributed by atoms with van der Waals surface area (Å²) in [6, 6.07) is 8.60. The Morgan fingerprint density at radius 1 is 1.06 bits per heavy atom. The lowest BCUT2D eigenvalue weighted by Gasteiger charge is -2.27. The molecule has 0 radical (unpaired) electrons. The average Bonchev–Trinajstić information content (AvgIpc) is 2.29.